The van der Waals surface area contributed by atoms with Gasteiger partial charge in [-0.15, -0.1) is 0 Å². The maximum absolute atomic E-state index is 10.4. The molecule has 0 radical (unpaired) electrons. The van der Waals surface area contributed by atoms with Crippen molar-refractivity contribution in [3.8, 4) is 0 Å². The highest BCUT2D eigenvalue weighted by Crippen LogP contribution is 2.36. The van der Waals surface area contributed by atoms with Crippen molar-refractivity contribution >= 4 is 0 Å². The van der Waals surface area contributed by atoms with E-state index in [1.807, 2.05) is 0 Å². The smallest absolute Gasteiger partial charge is 0.0715 e. The predicted octanol–water partition coefficient (Wildman–Crippen LogP) is -3.34. The summed E-state index contributed by atoms with van der Waals surface area (Å²) in [5, 5.41) is 76.7. The average Bonchev–Trinajstić information content (AvgIpc) is 2.52. The molecule has 0 aliphatic carbocycles. The van der Waals surface area contributed by atoms with Crippen LogP contribution >= 0.6 is 0 Å². The van der Waals surface area contributed by atoms with Crippen LogP contribution in [0.5, 0.6) is 0 Å². The van der Waals surface area contributed by atoms with Crippen molar-refractivity contribution in [3.05, 3.63) is 0 Å². The number of hydrogen-bond acceptors (Lipinski definition) is 8. The van der Waals surface area contributed by atoms with Gasteiger partial charge in [-0.05, 0) is 6.42 Å². The number of aliphatic hydroxyl groups excluding tert-OH is 8. The second-order valence-electron chi connectivity index (χ2n) is 5.64. The summed E-state index contributed by atoms with van der Waals surface area (Å²) in [6.07, 6.45) is -2.82. The Labute approximate surface area is 123 Å². The van der Waals surface area contributed by atoms with Gasteiger partial charge < -0.3 is 40.9 Å². The Balaban J connectivity index is 5.49. The van der Waals surface area contributed by atoms with Gasteiger partial charge in [-0.1, -0.05) is 6.92 Å². The molecule has 0 aromatic rings. The topological polar surface area (TPSA) is 162 Å². The summed E-state index contributed by atoms with van der Waals surface area (Å²) in [4.78, 5) is 0. The average molecular weight is 312 g/mol. The largest absolute Gasteiger partial charge is 0.396 e. The number of hydrogen-bond donors (Lipinski definition) is 8. The Hall–Kier alpha value is -0.320. The third-order valence-electron chi connectivity index (χ3n) is 4.43. The standard InChI is InChI=1S/C13H28O8/c1-2-9(10(20)12(3-14,4-15)5-16)11(21)13(6-17,7-18)8-19/h9-11,14-21H,2-8H2,1H3. The van der Waals surface area contributed by atoms with Gasteiger partial charge in [0.2, 0.25) is 0 Å². The van der Waals surface area contributed by atoms with Gasteiger partial charge >= 0.3 is 0 Å². The molecule has 0 saturated carbocycles. The number of rotatable bonds is 11. The third-order valence-corrected chi connectivity index (χ3v) is 4.43. The Kier molecular flexibility index (Phi) is 8.83. The first-order valence-electron chi connectivity index (χ1n) is 6.89. The molecule has 0 amide bonds. The van der Waals surface area contributed by atoms with Crippen molar-refractivity contribution < 1.29 is 40.9 Å². The zero-order valence-corrected chi connectivity index (χ0v) is 12.3. The molecule has 8 N–H and O–H groups in total. The van der Waals surface area contributed by atoms with Gasteiger partial charge in [0.15, 0.2) is 0 Å². The Morgan fingerprint density at radius 1 is 0.619 bits per heavy atom. The van der Waals surface area contributed by atoms with E-state index < -0.39 is 68.6 Å². The molecule has 0 aromatic heterocycles. The van der Waals surface area contributed by atoms with Crippen molar-refractivity contribution in [1.29, 1.82) is 0 Å². The van der Waals surface area contributed by atoms with E-state index in [2.05, 4.69) is 0 Å². The maximum Gasteiger partial charge on any atom is 0.0715 e. The first-order chi connectivity index (χ1) is 9.88. The van der Waals surface area contributed by atoms with E-state index in [4.69, 9.17) is 0 Å². The normalized spacial score (nSPS) is 17.6. The van der Waals surface area contributed by atoms with E-state index in [0.717, 1.165) is 0 Å². The molecule has 0 aliphatic rings. The third kappa shape index (κ3) is 3.91. The highest BCUT2D eigenvalue weighted by atomic mass is 16.3. The minimum absolute atomic E-state index is 0.172. The molecule has 0 fully saturated rings. The van der Waals surface area contributed by atoms with Gasteiger partial charge in [0.1, 0.15) is 0 Å². The lowest BCUT2D eigenvalue weighted by atomic mass is 9.68. The summed E-state index contributed by atoms with van der Waals surface area (Å²) in [5.41, 5.74) is -3.26. The van der Waals surface area contributed by atoms with E-state index in [-0.39, 0.29) is 6.42 Å². The van der Waals surface area contributed by atoms with Crippen LogP contribution in [0.25, 0.3) is 0 Å². The summed E-state index contributed by atoms with van der Waals surface area (Å²) in [6.45, 7) is -2.67. The zero-order valence-electron chi connectivity index (χ0n) is 12.3. The highest BCUT2D eigenvalue weighted by Gasteiger charge is 2.48. The quantitative estimate of drug-likeness (QED) is 0.196. The van der Waals surface area contributed by atoms with Crippen molar-refractivity contribution in [3.63, 3.8) is 0 Å². The first kappa shape index (κ1) is 20.7. The molecule has 8 heteroatoms. The van der Waals surface area contributed by atoms with Crippen molar-refractivity contribution in [2.45, 2.75) is 25.6 Å². The molecule has 0 aliphatic heterocycles. The second kappa shape index (κ2) is 8.96. The molecule has 21 heavy (non-hydrogen) atoms. The molecule has 0 bridgehead atoms. The van der Waals surface area contributed by atoms with E-state index in [1.165, 1.54) is 0 Å². The van der Waals surface area contributed by atoms with Crippen LogP contribution in [0.15, 0.2) is 0 Å². The second-order valence-corrected chi connectivity index (χ2v) is 5.64. The van der Waals surface area contributed by atoms with E-state index in [9.17, 15) is 40.9 Å². The van der Waals surface area contributed by atoms with Gasteiger partial charge in [0.05, 0.1) is 62.7 Å². The van der Waals surface area contributed by atoms with Crippen LogP contribution < -0.4 is 0 Å². The van der Waals surface area contributed by atoms with Crippen LogP contribution in [0.1, 0.15) is 13.3 Å². The van der Waals surface area contributed by atoms with Crippen LogP contribution in [0.2, 0.25) is 0 Å². The van der Waals surface area contributed by atoms with E-state index in [0.29, 0.717) is 0 Å². The monoisotopic (exact) mass is 312 g/mol. The Morgan fingerprint density at radius 2 is 0.857 bits per heavy atom. The molecule has 0 rings (SSSR count). The summed E-state index contributed by atoms with van der Waals surface area (Å²) in [6, 6.07) is 0. The van der Waals surface area contributed by atoms with Crippen molar-refractivity contribution in [1.82, 2.24) is 0 Å². The Bertz CT molecular complexity index is 235. The van der Waals surface area contributed by atoms with Crippen LogP contribution in [0.4, 0.5) is 0 Å². The lowest BCUT2D eigenvalue weighted by molar-refractivity contribution is -0.166. The highest BCUT2D eigenvalue weighted by molar-refractivity contribution is 4.97. The van der Waals surface area contributed by atoms with Crippen LogP contribution in [0.3, 0.4) is 0 Å². The van der Waals surface area contributed by atoms with Gasteiger partial charge in [-0.25, -0.2) is 0 Å². The fourth-order valence-corrected chi connectivity index (χ4v) is 2.39. The van der Waals surface area contributed by atoms with Crippen LogP contribution in [0, 0.1) is 16.7 Å². The molecule has 0 saturated heterocycles. The minimum atomic E-state index is -1.63. The van der Waals surface area contributed by atoms with Gasteiger partial charge in [-0.3, -0.25) is 0 Å². The maximum atomic E-state index is 10.4. The molecule has 0 heterocycles. The molecule has 0 spiro atoms. The lowest BCUT2D eigenvalue weighted by Gasteiger charge is -2.44. The molecule has 2 unspecified atom stereocenters. The lowest BCUT2D eigenvalue weighted by Crippen LogP contribution is -2.57. The predicted molar refractivity (Wildman–Crippen MR) is 73.2 cm³/mol. The van der Waals surface area contributed by atoms with Crippen LogP contribution in [-0.2, 0) is 0 Å². The molecular weight excluding hydrogens is 284 g/mol. The van der Waals surface area contributed by atoms with Gasteiger partial charge in [0, 0.05) is 5.92 Å². The molecule has 128 valence electrons. The first-order valence-corrected chi connectivity index (χ1v) is 6.89. The van der Waals surface area contributed by atoms with E-state index >= 15 is 0 Å². The van der Waals surface area contributed by atoms with Gasteiger partial charge in [0.25, 0.3) is 0 Å². The summed E-state index contributed by atoms with van der Waals surface area (Å²) in [7, 11) is 0. The van der Waals surface area contributed by atoms with E-state index in [1.54, 1.807) is 6.92 Å². The molecule has 8 nitrogen and oxygen atoms in total. The summed E-state index contributed by atoms with van der Waals surface area (Å²) < 4.78 is 0. The fourth-order valence-electron chi connectivity index (χ4n) is 2.39. The Morgan fingerprint density at radius 3 is 1.00 bits per heavy atom. The molecular formula is C13H28O8. The summed E-state index contributed by atoms with van der Waals surface area (Å²) in [5.74, 6) is -0.983. The van der Waals surface area contributed by atoms with Crippen LogP contribution in [-0.4, -0.2) is 92.7 Å². The minimum Gasteiger partial charge on any atom is -0.396 e. The SMILES string of the molecule is CCC(C(O)C(CO)(CO)CO)C(O)C(CO)(CO)CO. The summed E-state index contributed by atoms with van der Waals surface area (Å²) >= 11 is 0. The van der Waals surface area contributed by atoms with Crippen molar-refractivity contribution in [2.75, 3.05) is 39.6 Å². The van der Waals surface area contributed by atoms with Gasteiger partial charge in [-0.2, -0.15) is 0 Å². The number of aliphatic hydroxyl groups is 8. The fraction of sp³-hybridized carbons (Fsp3) is 1.00. The van der Waals surface area contributed by atoms with Crippen molar-refractivity contribution in [2.24, 2.45) is 16.7 Å². The molecule has 0 aromatic carbocycles. The molecule has 2 atom stereocenters. The zero-order chi connectivity index (χ0) is 16.7.